The summed E-state index contributed by atoms with van der Waals surface area (Å²) in [6.07, 6.45) is -3.30. The van der Waals surface area contributed by atoms with E-state index in [-0.39, 0.29) is 5.82 Å². The summed E-state index contributed by atoms with van der Waals surface area (Å²) in [5.74, 6) is -0.157. The van der Waals surface area contributed by atoms with Crippen LogP contribution < -0.4 is 11.4 Å². The van der Waals surface area contributed by atoms with Gasteiger partial charge in [-0.3, -0.25) is 9.09 Å². The second kappa shape index (κ2) is 7.24. The zero-order valence-corrected chi connectivity index (χ0v) is 17.1. The summed E-state index contributed by atoms with van der Waals surface area (Å²) >= 11 is 0. The molecule has 30 heavy (non-hydrogen) atoms. The van der Waals surface area contributed by atoms with Gasteiger partial charge in [0.25, 0.3) is 0 Å². The molecule has 0 radical (unpaired) electrons. The summed E-state index contributed by atoms with van der Waals surface area (Å²) in [7, 11) is -16.8. The Bertz CT molecular complexity index is 1060. The van der Waals surface area contributed by atoms with Crippen molar-refractivity contribution in [2.24, 2.45) is 0 Å². The lowest BCUT2D eigenvalue weighted by atomic mass is 10.1. The lowest BCUT2D eigenvalue weighted by Crippen LogP contribution is -2.35. The van der Waals surface area contributed by atoms with Crippen LogP contribution >= 0.6 is 23.5 Å². The van der Waals surface area contributed by atoms with Crippen molar-refractivity contribution >= 4 is 29.3 Å². The van der Waals surface area contributed by atoms with Crippen LogP contribution in [0.2, 0.25) is 0 Å². The van der Waals surface area contributed by atoms with Gasteiger partial charge in [0.05, 0.1) is 6.61 Å². The Hall–Kier alpha value is -1.06. The molecule has 7 N–H and O–H groups in total. The number of hydrogen-bond donors (Lipinski definition) is 6. The highest BCUT2D eigenvalue weighted by atomic mass is 31.3. The lowest BCUT2D eigenvalue weighted by Gasteiger charge is -2.21. The molecule has 0 bridgehead atoms. The zero-order valence-electron chi connectivity index (χ0n) is 14.4. The number of nitrogens with two attached hydrogens (primary N) is 1. The number of hydrogen-bond acceptors (Lipinski definition) is 11. The van der Waals surface area contributed by atoms with E-state index in [4.69, 9.17) is 25.2 Å². The molecule has 6 atom stereocenters. The maximum Gasteiger partial charge on any atom is 0.490 e. The molecule has 1 aromatic heterocycles. The van der Waals surface area contributed by atoms with Crippen molar-refractivity contribution < 1.29 is 60.6 Å². The van der Waals surface area contributed by atoms with Gasteiger partial charge in [-0.15, -0.1) is 0 Å². The molecule has 2 heterocycles. The second-order valence-corrected chi connectivity index (χ2v) is 10.8. The number of halogens is 1. The molecule has 20 heteroatoms. The predicted octanol–water partition coefficient (Wildman–Crippen LogP) is -1.09. The second-order valence-electron chi connectivity index (χ2n) is 6.41. The Balaban J connectivity index is 1.72. The minimum absolute atomic E-state index is 0.157. The zero-order chi connectivity index (χ0) is 22.8. The van der Waals surface area contributed by atoms with Crippen molar-refractivity contribution in [3.8, 4) is 0 Å². The summed E-state index contributed by atoms with van der Waals surface area (Å²) in [5, 5.41) is 10.4. The van der Waals surface area contributed by atoms with Gasteiger partial charge >= 0.3 is 29.2 Å². The van der Waals surface area contributed by atoms with Gasteiger partial charge < -0.3 is 35.2 Å². The number of nitrogen functional groups attached to an aromatic ring is 1. The van der Waals surface area contributed by atoms with Crippen LogP contribution in [-0.4, -0.2) is 58.2 Å². The third kappa shape index (κ3) is 4.58. The molecule has 0 spiro atoms. The lowest BCUT2D eigenvalue weighted by molar-refractivity contribution is -0.0779. The highest BCUT2D eigenvalue weighted by Gasteiger charge is 2.81. The number of anilines is 1. The smallest absolute Gasteiger partial charge is 0.383 e. The SMILES string of the molecule is Nc1ccn([C@@H]2O[C@@]3(COP(=O)(O)OP(=O)(O)OP(=O)(O)O)C[C@]3(O)[C@H]2F)c(=O)n1. The Morgan fingerprint density at radius 3 is 2.47 bits per heavy atom. The Labute approximate surface area is 165 Å². The van der Waals surface area contributed by atoms with Crippen LogP contribution in [0.1, 0.15) is 12.6 Å². The van der Waals surface area contributed by atoms with Crippen molar-refractivity contribution in [3.63, 3.8) is 0 Å². The van der Waals surface area contributed by atoms with E-state index in [2.05, 4.69) is 18.1 Å². The summed E-state index contributed by atoms with van der Waals surface area (Å²) in [5.41, 5.74) is 0.138. The molecule has 3 rings (SSSR count). The fourth-order valence-corrected chi connectivity index (χ4v) is 5.99. The van der Waals surface area contributed by atoms with Gasteiger partial charge in [-0.05, 0) is 6.07 Å². The van der Waals surface area contributed by atoms with Gasteiger partial charge in [0.2, 0.25) is 0 Å². The first-order chi connectivity index (χ1) is 13.5. The fraction of sp³-hybridized carbons (Fsp3) is 0.600. The topological polar surface area (TPSA) is 250 Å². The maximum atomic E-state index is 14.7. The number of rotatable bonds is 8. The van der Waals surface area contributed by atoms with E-state index in [1.54, 1.807) is 0 Å². The van der Waals surface area contributed by atoms with Crippen molar-refractivity contribution in [2.75, 3.05) is 12.3 Å². The van der Waals surface area contributed by atoms with Crippen molar-refractivity contribution in [2.45, 2.75) is 30.0 Å². The standard InChI is InChI=1S/C10H15FN3O13P3/c11-6-7(14-2-1-5(12)13-8(14)15)25-9(3-10(6,9)16)4-24-29(20,21)27-30(22,23)26-28(17,18)19/h1-2,6-7,16H,3-4H2,(H,20,21)(H,22,23)(H2,12,13,15)(H2,17,18,19)/t6-,7+,9+,10-/m0/s1. The number of ether oxygens (including phenoxy) is 1. The molecule has 16 nitrogen and oxygen atoms in total. The van der Waals surface area contributed by atoms with E-state index >= 15 is 0 Å². The van der Waals surface area contributed by atoms with E-state index in [1.807, 2.05) is 0 Å². The fourth-order valence-electron chi connectivity index (χ4n) is 2.93. The third-order valence-electron chi connectivity index (χ3n) is 4.27. The molecule has 2 aliphatic rings. The molecule has 2 fully saturated rings. The first kappa shape index (κ1) is 23.6. The average molecular weight is 497 g/mol. The Morgan fingerprint density at radius 2 is 1.90 bits per heavy atom. The molecule has 1 aliphatic heterocycles. The van der Waals surface area contributed by atoms with Crippen molar-refractivity contribution in [3.05, 3.63) is 22.7 Å². The largest absolute Gasteiger partial charge is 0.490 e. The van der Waals surface area contributed by atoms with Gasteiger partial charge in [-0.1, -0.05) is 0 Å². The van der Waals surface area contributed by atoms with Gasteiger partial charge in [0.1, 0.15) is 17.0 Å². The quantitative estimate of drug-likeness (QED) is 0.233. The highest BCUT2D eigenvalue weighted by Crippen LogP contribution is 2.68. The molecule has 2 unspecified atom stereocenters. The minimum Gasteiger partial charge on any atom is -0.383 e. The van der Waals surface area contributed by atoms with Crippen LogP contribution in [0, 0.1) is 0 Å². The number of aliphatic hydroxyl groups is 1. The van der Waals surface area contributed by atoms with Gasteiger partial charge in [-0.25, -0.2) is 22.9 Å². The van der Waals surface area contributed by atoms with Gasteiger partial charge in [-0.2, -0.15) is 13.6 Å². The summed E-state index contributed by atoms with van der Waals surface area (Å²) in [4.78, 5) is 50.8. The molecular formula is C10H15FN3O13P3. The molecular weight excluding hydrogens is 482 g/mol. The normalized spacial score (nSPS) is 34.7. The number of alkyl halides is 1. The van der Waals surface area contributed by atoms with Crippen LogP contribution in [0.5, 0.6) is 0 Å². The van der Waals surface area contributed by atoms with E-state index in [9.17, 15) is 32.9 Å². The van der Waals surface area contributed by atoms with Gasteiger partial charge in [0.15, 0.2) is 12.4 Å². The predicted molar refractivity (Wildman–Crippen MR) is 90.0 cm³/mol. The van der Waals surface area contributed by atoms with E-state index < -0.39 is 65.8 Å². The summed E-state index contributed by atoms with van der Waals surface area (Å²) in [6, 6.07) is 1.16. The molecule has 1 aromatic rings. The number of phosphoric acid groups is 3. The van der Waals surface area contributed by atoms with Gasteiger partial charge in [0, 0.05) is 12.6 Å². The summed E-state index contributed by atoms with van der Waals surface area (Å²) in [6.45, 7) is -1.07. The van der Waals surface area contributed by atoms with Crippen LogP contribution in [0.4, 0.5) is 10.2 Å². The number of nitrogens with zero attached hydrogens (tertiary/aromatic N) is 2. The van der Waals surface area contributed by atoms with Crippen molar-refractivity contribution in [1.82, 2.24) is 9.55 Å². The Morgan fingerprint density at radius 1 is 1.27 bits per heavy atom. The van der Waals surface area contributed by atoms with E-state index in [0.717, 1.165) is 12.3 Å². The number of phosphoric ester groups is 1. The first-order valence-electron chi connectivity index (χ1n) is 7.67. The molecule has 0 amide bonds. The molecule has 170 valence electrons. The highest BCUT2D eigenvalue weighted by molar-refractivity contribution is 7.66. The van der Waals surface area contributed by atoms with Crippen LogP contribution in [-0.2, 0) is 31.6 Å². The first-order valence-corrected chi connectivity index (χ1v) is 12.2. The van der Waals surface area contributed by atoms with Crippen LogP contribution in [0.3, 0.4) is 0 Å². The van der Waals surface area contributed by atoms with Crippen LogP contribution in [0.25, 0.3) is 0 Å². The van der Waals surface area contributed by atoms with Crippen molar-refractivity contribution in [1.29, 1.82) is 0 Å². The van der Waals surface area contributed by atoms with Crippen LogP contribution in [0.15, 0.2) is 17.1 Å². The molecule has 1 aliphatic carbocycles. The maximum absolute atomic E-state index is 14.7. The number of fused-ring (bicyclic) bond motifs is 1. The number of aromatic nitrogens is 2. The average Bonchev–Trinajstić information content (AvgIpc) is 3.07. The summed E-state index contributed by atoms with van der Waals surface area (Å²) < 4.78 is 65.9. The monoisotopic (exact) mass is 497 g/mol. The third-order valence-corrected chi connectivity index (χ3v) is 8.06. The molecule has 1 saturated heterocycles. The minimum atomic E-state index is -5.75. The molecule has 1 saturated carbocycles. The van der Waals surface area contributed by atoms with E-state index in [1.165, 1.54) is 0 Å². The van der Waals surface area contributed by atoms with E-state index in [0.29, 0.717) is 4.57 Å². The molecule has 0 aromatic carbocycles. The Kier molecular flexibility index (Phi) is 5.69.